The first-order chi connectivity index (χ1) is 14.3. The van der Waals surface area contributed by atoms with Crippen molar-refractivity contribution in [1.82, 2.24) is 9.80 Å². The highest BCUT2D eigenvalue weighted by molar-refractivity contribution is 6.00. The quantitative estimate of drug-likeness (QED) is 0.604. The minimum atomic E-state index is -0.660. The Morgan fingerprint density at radius 1 is 1.00 bits per heavy atom. The summed E-state index contributed by atoms with van der Waals surface area (Å²) in [5.41, 5.74) is 0.956. The molecule has 1 fully saturated rings. The van der Waals surface area contributed by atoms with Crippen LogP contribution in [0.5, 0.6) is 0 Å². The van der Waals surface area contributed by atoms with Gasteiger partial charge in [-0.2, -0.15) is 0 Å². The smallest absolute Gasteiger partial charge is 0.270 e. The molecule has 1 aliphatic heterocycles. The first-order valence-electron chi connectivity index (χ1n) is 9.86. The number of hydrogen-bond donors (Lipinski definition) is 1. The van der Waals surface area contributed by atoms with Gasteiger partial charge in [0.1, 0.15) is 0 Å². The molecule has 0 radical (unpaired) electrons. The van der Waals surface area contributed by atoms with E-state index in [1.807, 2.05) is 44.2 Å². The van der Waals surface area contributed by atoms with Gasteiger partial charge in [0.15, 0.2) is 0 Å². The summed E-state index contributed by atoms with van der Waals surface area (Å²) in [5, 5.41) is 14.0. The molecule has 1 aliphatic rings. The van der Waals surface area contributed by atoms with E-state index >= 15 is 0 Å². The Morgan fingerprint density at radius 3 is 2.17 bits per heavy atom. The van der Waals surface area contributed by atoms with E-state index in [4.69, 9.17) is 0 Å². The van der Waals surface area contributed by atoms with Gasteiger partial charge in [-0.15, -0.1) is 0 Å². The molecule has 8 nitrogen and oxygen atoms in total. The topological polar surface area (TPSA) is 95.8 Å². The van der Waals surface area contributed by atoms with Crippen LogP contribution in [-0.2, 0) is 10.2 Å². The number of piperazine rings is 1. The Labute approximate surface area is 175 Å². The number of rotatable bonds is 5. The van der Waals surface area contributed by atoms with E-state index in [0.717, 1.165) is 5.56 Å². The summed E-state index contributed by atoms with van der Waals surface area (Å²) >= 11 is 0. The van der Waals surface area contributed by atoms with E-state index in [1.165, 1.54) is 18.2 Å². The largest absolute Gasteiger partial charge is 0.387 e. The van der Waals surface area contributed by atoms with Crippen molar-refractivity contribution in [3.8, 4) is 0 Å². The maximum atomic E-state index is 13.1. The summed E-state index contributed by atoms with van der Waals surface area (Å²) < 4.78 is 0. The molecule has 2 aromatic carbocycles. The lowest BCUT2D eigenvalue weighted by Crippen LogP contribution is -2.54. The second kappa shape index (κ2) is 8.52. The van der Waals surface area contributed by atoms with Crippen molar-refractivity contribution in [2.24, 2.45) is 0 Å². The Morgan fingerprint density at radius 2 is 1.60 bits per heavy atom. The van der Waals surface area contributed by atoms with Gasteiger partial charge in [-0.1, -0.05) is 30.3 Å². The van der Waals surface area contributed by atoms with Crippen molar-refractivity contribution in [1.29, 1.82) is 0 Å². The molecular formula is C22H26N4O4. The highest BCUT2D eigenvalue weighted by atomic mass is 16.6. The lowest BCUT2D eigenvalue weighted by molar-refractivity contribution is -0.384. The number of nitro benzene ring substituents is 1. The fourth-order valence-electron chi connectivity index (χ4n) is 3.70. The van der Waals surface area contributed by atoms with Crippen molar-refractivity contribution in [3.05, 3.63) is 69.8 Å². The molecule has 0 atom stereocenters. The molecule has 158 valence electrons. The molecular weight excluding hydrogens is 384 g/mol. The van der Waals surface area contributed by atoms with Crippen LogP contribution in [0.3, 0.4) is 0 Å². The van der Waals surface area contributed by atoms with Gasteiger partial charge in [0.2, 0.25) is 5.91 Å². The summed E-state index contributed by atoms with van der Waals surface area (Å²) in [4.78, 5) is 40.1. The fourth-order valence-corrected chi connectivity index (χ4v) is 3.70. The third-order valence-corrected chi connectivity index (χ3v) is 5.60. The minimum absolute atomic E-state index is 0.0204. The highest BCUT2D eigenvalue weighted by Gasteiger charge is 2.36. The third-order valence-electron chi connectivity index (χ3n) is 5.60. The van der Waals surface area contributed by atoms with Crippen molar-refractivity contribution in [2.45, 2.75) is 19.3 Å². The minimum Gasteiger partial charge on any atom is -0.387 e. The standard InChI is InChI=1S/C22H26N4O4/c1-22(2,16-7-5-4-6-8-16)21(28)25-13-11-24(12-14-25)20(27)18-15-17(26(29)30)9-10-19(18)23-3/h4-10,15,23H,11-14H2,1-3H3. The van der Waals surface area contributed by atoms with Gasteiger partial charge in [0, 0.05) is 51.0 Å². The first kappa shape index (κ1) is 21.3. The molecule has 2 amide bonds. The molecule has 0 aromatic heterocycles. The number of anilines is 1. The van der Waals surface area contributed by atoms with Gasteiger partial charge < -0.3 is 15.1 Å². The van der Waals surface area contributed by atoms with Gasteiger partial charge in [-0.3, -0.25) is 19.7 Å². The van der Waals surface area contributed by atoms with Crippen LogP contribution in [0.1, 0.15) is 29.8 Å². The molecule has 3 rings (SSSR count). The molecule has 0 bridgehead atoms. The average Bonchev–Trinajstić information content (AvgIpc) is 2.78. The molecule has 8 heteroatoms. The zero-order chi connectivity index (χ0) is 21.9. The SMILES string of the molecule is CNc1ccc([N+](=O)[O-])cc1C(=O)N1CCN(C(=O)C(C)(C)c2ccccc2)CC1. The van der Waals surface area contributed by atoms with Crippen molar-refractivity contribution < 1.29 is 14.5 Å². The number of nitro groups is 1. The molecule has 0 saturated carbocycles. The van der Waals surface area contributed by atoms with Crippen molar-refractivity contribution in [3.63, 3.8) is 0 Å². The summed E-state index contributed by atoms with van der Waals surface area (Å²) in [6, 6.07) is 13.8. The monoisotopic (exact) mass is 410 g/mol. The highest BCUT2D eigenvalue weighted by Crippen LogP contribution is 2.27. The van der Waals surface area contributed by atoms with Crippen LogP contribution in [0.2, 0.25) is 0 Å². The molecule has 1 N–H and O–H groups in total. The van der Waals surface area contributed by atoms with Crippen LogP contribution >= 0.6 is 0 Å². The van der Waals surface area contributed by atoms with Crippen LogP contribution in [0.15, 0.2) is 48.5 Å². The van der Waals surface area contributed by atoms with Crippen LogP contribution < -0.4 is 5.32 Å². The maximum Gasteiger partial charge on any atom is 0.270 e. The number of nitrogens with zero attached hydrogens (tertiary/aromatic N) is 3. The number of hydrogen-bond acceptors (Lipinski definition) is 5. The lowest BCUT2D eigenvalue weighted by Gasteiger charge is -2.39. The second-order valence-corrected chi connectivity index (χ2v) is 7.81. The molecule has 0 spiro atoms. The normalized spacial score (nSPS) is 14.4. The van der Waals surface area contributed by atoms with Crippen LogP contribution in [0, 0.1) is 10.1 Å². The molecule has 1 heterocycles. The van der Waals surface area contributed by atoms with Crippen LogP contribution in [0.25, 0.3) is 0 Å². The summed E-state index contributed by atoms with van der Waals surface area (Å²) in [5.74, 6) is -0.260. The van der Waals surface area contributed by atoms with Gasteiger partial charge in [0.25, 0.3) is 11.6 Å². The fraction of sp³-hybridized carbons (Fsp3) is 0.364. The Balaban J connectivity index is 1.71. The second-order valence-electron chi connectivity index (χ2n) is 7.81. The molecule has 2 aromatic rings. The van der Waals surface area contributed by atoms with Gasteiger partial charge in [0.05, 0.1) is 15.9 Å². The van der Waals surface area contributed by atoms with E-state index in [1.54, 1.807) is 16.8 Å². The van der Waals surface area contributed by atoms with E-state index < -0.39 is 10.3 Å². The summed E-state index contributed by atoms with van der Waals surface area (Å²) in [6.45, 7) is 5.41. The van der Waals surface area contributed by atoms with Crippen molar-refractivity contribution >= 4 is 23.2 Å². The molecule has 0 aliphatic carbocycles. The van der Waals surface area contributed by atoms with Crippen LogP contribution in [0.4, 0.5) is 11.4 Å². The molecule has 1 saturated heterocycles. The van der Waals surface area contributed by atoms with Gasteiger partial charge in [-0.05, 0) is 25.5 Å². The Kier molecular flexibility index (Phi) is 6.05. The first-order valence-corrected chi connectivity index (χ1v) is 9.86. The molecule has 30 heavy (non-hydrogen) atoms. The predicted octanol–water partition coefficient (Wildman–Crippen LogP) is 2.90. The van der Waals surface area contributed by atoms with E-state index in [9.17, 15) is 19.7 Å². The maximum absolute atomic E-state index is 13.1. The van der Waals surface area contributed by atoms with Crippen LogP contribution in [-0.4, -0.2) is 59.8 Å². The zero-order valence-electron chi connectivity index (χ0n) is 17.4. The number of benzene rings is 2. The number of carbonyl (C=O) groups excluding carboxylic acids is 2. The molecule has 0 unspecified atom stereocenters. The zero-order valence-corrected chi connectivity index (χ0v) is 17.4. The van der Waals surface area contributed by atoms with Crippen molar-refractivity contribution in [2.75, 3.05) is 38.5 Å². The van der Waals surface area contributed by atoms with Gasteiger partial charge in [-0.25, -0.2) is 0 Å². The number of nitrogens with one attached hydrogen (secondary N) is 1. The van der Waals surface area contributed by atoms with E-state index in [2.05, 4.69) is 5.32 Å². The number of non-ortho nitro benzene ring substituents is 1. The number of amides is 2. The number of carbonyl (C=O) groups is 2. The third kappa shape index (κ3) is 4.12. The predicted molar refractivity (Wildman–Crippen MR) is 115 cm³/mol. The average molecular weight is 410 g/mol. The Hall–Kier alpha value is -3.42. The Bertz CT molecular complexity index is 951. The van der Waals surface area contributed by atoms with E-state index in [-0.39, 0.29) is 23.1 Å². The summed E-state index contributed by atoms with van der Waals surface area (Å²) in [7, 11) is 1.67. The summed E-state index contributed by atoms with van der Waals surface area (Å²) in [6.07, 6.45) is 0. The van der Waals surface area contributed by atoms with Gasteiger partial charge >= 0.3 is 0 Å². The lowest BCUT2D eigenvalue weighted by atomic mass is 9.83. The van der Waals surface area contributed by atoms with E-state index in [0.29, 0.717) is 31.9 Å².